The first kappa shape index (κ1) is 8.50. The van der Waals surface area contributed by atoms with Crippen LogP contribution in [-0.4, -0.2) is 26.8 Å². The summed E-state index contributed by atoms with van der Waals surface area (Å²) in [7, 11) is 0. The topological polar surface area (TPSA) is 63.1 Å². The molecule has 0 fully saturated rings. The third-order valence-corrected chi connectivity index (χ3v) is 2.84. The number of fused-ring (bicyclic) bond motifs is 1. The van der Waals surface area contributed by atoms with E-state index in [1.165, 1.54) is 6.20 Å². The number of aromatic carboxylic acids is 1. The largest absolute Gasteiger partial charge is 0.476 e. The van der Waals surface area contributed by atoms with Gasteiger partial charge in [0, 0.05) is 12.2 Å². The van der Waals surface area contributed by atoms with Gasteiger partial charge in [0.05, 0.1) is 17.6 Å². The molecule has 0 spiro atoms. The highest BCUT2D eigenvalue weighted by atomic mass is 32.2. The molecule has 0 atom stereocenters. The SMILES string of the molecule is O=C(O)c1cnc2c(n1)CCSC2. The van der Waals surface area contributed by atoms with Crippen molar-refractivity contribution in [3.8, 4) is 0 Å². The van der Waals surface area contributed by atoms with E-state index in [0.29, 0.717) is 0 Å². The van der Waals surface area contributed by atoms with Crippen LogP contribution in [0.1, 0.15) is 21.9 Å². The number of aryl methyl sites for hydroxylation is 1. The minimum atomic E-state index is -1.01. The molecule has 4 nitrogen and oxygen atoms in total. The van der Waals surface area contributed by atoms with Crippen LogP contribution in [0.15, 0.2) is 6.20 Å². The number of carboxylic acids is 1. The van der Waals surface area contributed by atoms with Crippen LogP contribution in [0.2, 0.25) is 0 Å². The van der Waals surface area contributed by atoms with E-state index in [1.807, 2.05) is 0 Å². The maximum Gasteiger partial charge on any atom is 0.356 e. The molecule has 5 heteroatoms. The number of carboxylic acid groups (broad SMARTS) is 1. The molecule has 0 amide bonds. The van der Waals surface area contributed by atoms with Crippen LogP contribution < -0.4 is 0 Å². The van der Waals surface area contributed by atoms with Crippen LogP contribution in [0.25, 0.3) is 0 Å². The number of carbonyl (C=O) groups is 1. The van der Waals surface area contributed by atoms with Gasteiger partial charge in [-0.05, 0) is 5.75 Å². The standard InChI is InChI=1S/C8H8N2O2S/c11-8(12)6-3-9-7-4-13-2-1-5(7)10-6/h3H,1-2,4H2,(H,11,12). The van der Waals surface area contributed by atoms with Gasteiger partial charge in [-0.25, -0.2) is 9.78 Å². The highest BCUT2D eigenvalue weighted by Gasteiger charge is 2.14. The van der Waals surface area contributed by atoms with Crippen molar-refractivity contribution in [2.75, 3.05) is 5.75 Å². The van der Waals surface area contributed by atoms with Crippen molar-refractivity contribution in [3.63, 3.8) is 0 Å². The Kier molecular flexibility index (Phi) is 2.18. The minimum absolute atomic E-state index is 0.0469. The molecule has 0 saturated carbocycles. The van der Waals surface area contributed by atoms with E-state index in [9.17, 15) is 4.79 Å². The van der Waals surface area contributed by atoms with E-state index in [-0.39, 0.29) is 5.69 Å². The fourth-order valence-corrected chi connectivity index (χ4v) is 2.13. The Labute approximate surface area is 79.4 Å². The first-order chi connectivity index (χ1) is 6.27. The molecule has 68 valence electrons. The third-order valence-electron chi connectivity index (χ3n) is 1.87. The number of aromatic nitrogens is 2. The summed E-state index contributed by atoms with van der Waals surface area (Å²) in [5, 5.41) is 8.68. The molecule has 0 aliphatic carbocycles. The fraction of sp³-hybridized carbons (Fsp3) is 0.375. The molecule has 2 rings (SSSR count). The predicted molar refractivity (Wildman–Crippen MR) is 48.9 cm³/mol. The lowest BCUT2D eigenvalue weighted by Crippen LogP contribution is -2.11. The lowest BCUT2D eigenvalue weighted by molar-refractivity contribution is 0.0689. The number of hydrogen-bond donors (Lipinski definition) is 1. The number of thioether (sulfide) groups is 1. The zero-order valence-corrected chi connectivity index (χ0v) is 7.67. The maximum absolute atomic E-state index is 10.6. The van der Waals surface area contributed by atoms with Gasteiger partial charge in [0.15, 0.2) is 5.69 Å². The molecule has 1 aromatic rings. The van der Waals surface area contributed by atoms with E-state index in [0.717, 1.165) is 29.3 Å². The van der Waals surface area contributed by atoms with Crippen LogP contribution in [0, 0.1) is 0 Å². The Bertz CT molecular complexity index is 354. The number of nitrogens with zero attached hydrogens (tertiary/aromatic N) is 2. The summed E-state index contributed by atoms with van der Waals surface area (Å²) in [6.07, 6.45) is 2.15. The Morgan fingerprint density at radius 2 is 2.38 bits per heavy atom. The lowest BCUT2D eigenvalue weighted by atomic mass is 10.2. The highest BCUT2D eigenvalue weighted by Crippen LogP contribution is 2.20. The quantitative estimate of drug-likeness (QED) is 0.725. The molecule has 1 aliphatic rings. The first-order valence-electron chi connectivity index (χ1n) is 3.93. The van der Waals surface area contributed by atoms with Gasteiger partial charge in [-0.2, -0.15) is 11.8 Å². The molecule has 13 heavy (non-hydrogen) atoms. The van der Waals surface area contributed by atoms with Crippen molar-refractivity contribution < 1.29 is 9.90 Å². The van der Waals surface area contributed by atoms with Gasteiger partial charge in [-0.1, -0.05) is 0 Å². The zero-order chi connectivity index (χ0) is 9.26. The Morgan fingerprint density at radius 1 is 1.54 bits per heavy atom. The maximum atomic E-state index is 10.6. The van der Waals surface area contributed by atoms with Gasteiger partial charge in [0.2, 0.25) is 0 Å². The van der Waals surface area contributed by atoms with Gasteiger partial charge in [0.1, 0.15) is 0 Å². The molecular weight excluding hydrogens is 188 g/mol. The van der Waals surface area contributed by atoms with Gasteiger partial charge in [-0.3, -0.25) is 4.98 Å². The van der Waals surface area contributed by atoms with Crippen molar-refractivity contribution in [1.82, 2.24) is 9.97 Å². The number of hydrogen-bond acceptors (Lipinski definition) is 4. The molecule has 1 aromatic heterocycles. The summed E-state index contributed by atoms with van der Waals surface area (Å²) >= 11 is 1.80. The number of rotatable bonds is 1. The van der Waals surface area contributed by atoms with Crippen LogP contribution in [-0.2, 0) is 12.2 Å². The van der Waals surface area contributed by atoms with Gasteiger partial charge in [-0.15, -0.1) is 0 Å². The van der Waals surface area contributed by atoms with E-state index in [1.54, 1.807) is 11.8 Å². The smallest absolute Gasteiger partial charge is 0.356 e. The second kappa shape index (κ2) is 3.33. The zero-order valence-electron chi connectivity index (χ0n) is 6.86. The average Bonchev–Trinajstić information content (AvgIpc) is 2.17. The van der Waals surface area contributed by atoms with Crippen molar-refractivity contribution in [3.05, 3.63) is 23.3 Å². The van der Waals surface area contributed by atoms with Crippen molar-refractivity contribution >= 4 is 17.7 Å². The summed E-state index contributed by atoms with van der Waals surface area (Å²) in [4.78, 5) is 18.7. The Hall–Kier alpha value is -1.10. The van der Waals surface area contributed by atoms with Crippen LogP contribution in [0.5, 0.6) is 0 Å². The Morgan fingerprint density at radius 3 is 3.15 bits per heavy atom. The molecule has 0 bridgehead atoms. The lowest BCUT2D eigenvalue weighted by Gasteiger charge is -2.12. The first-order valence-corrected chi connectivity index (χ1v) is 5.08. The van der Waals surface area contributed by atoms with E-state index >= 15 is 0 Å². The highest BCUT2D eigenvalue weighted by molar-refractivity contribution is 7.98. The monoisotopic (exact) mass is 196 g/mol. The minimum Gasteiger partial charge on any atom is -0.476 e. The molecule has 0 radical (unpaired) electrons. The van der Waals surface area contributed by atoms with E-state index in [4.69, 9.17) is 5.11 Å². The molecule has 0 aromatic carbocycles. The Balaban J connectivity index is 2.40. The third kappa shape index (κ3) is 1.65. The second-order valence-electron chi connectivity index (χ2n) is 2.76. The van der Waals surface area contributed by atoms with Crippen LogP contribution in [0.4, 0.5) is 0 Å². The van der Waals surface area contributed by atoms with Crippen LogP contribution >= 0.6 is 11.8 Å². The van der Waals surface area contributed by atoms with Gasteiger partial charge >= 0.3 is 5.97 Å². The van der Waals surface area contributed by atoms with E-state index in [2.05, 4.69) is 9.97 Å². The van der Waals surface area contributed by atoms with E-state index < -0.39 is 5.97 Å². The summed E-state index contributed by atoms with van der Waals surface area (Å²) in [6, 6.07) is 0. The summed E-state index contributed by atoms with van der Waals surface area (Å²) in [6.45, 7) is 0. The second-order valence-corrected chi connectivity index (χ2v) is 3.86. The molecule has 1 aliphatic heterocycles. The molecule has 0 unspecified atom stereocenters. The fourth-order valence-electron chi connectivity index (χ4n) is 1.21. The summed E-state index contributed by atoms with van der Waals surface area (Å²) in [5.41, 5.74) is 1.82. The van der Waals surface area contributed by atoms with Crippen molar-refractivity contribution in [2.24, 2.45) is 0 Å². The summed E-state index contributed by atoms with van der Waals surface area (Å²) in [5.74, 6) is 0.848. The average molecular weight is 196 g/mol. The van der Waals surface area contributed by atoms with Crippen LogP contribution in [0.3, 0.4) is 0 Å². The van der Waals surface area contributed by atoms with Crippen molar-refractivity contribution in [2.45, 2.75) is 12.2 Å². The predicted octanol–water partition coefficient (Wildman–Crippen LogP) is 0.964. The molecule has 2 heterocycles. The normalized spacial score (nSPS) is 15.1. The van der Waals surface area contributed by atoms with Gasteiger partial charge < -0.3 is 5.11 Å². The molecule has 1 N–H and O–H groups in total. The summed E-state index contributed by atoms with van der Waals surface area (Å²) < 4.78 is 0. The molecular formula is C8H8N2O2S. The van der Waals surface area contributed by atoms with Crippen molar-refractivity contribution in [1.29, 1.82) is 0 Å². The van der Waals surface area contributed by atoms with Gasteiger partial charge in [0.25, 0.3) is 0 Å². The molecule has 0 saturated heterocycles.